The fourth-order valence-electron chi connectivity index (χ4n) is 3.95. The number of primary amides is 1. The van der Waals surface area contributed by atoms with E-state index >= 15 is 0 Å². The summed E-state index contributed by atoms with van der Waals surface area (Å²) in [5.41, 5.74) is 8.85. The number of hydrogen-bond donors (Lipinski definition) is 1. The molecule has 1 atom stereocenters. The van der Waals surface area contributed by atoms with Crippen molar-refractivity contribution in [2.45, 2.75) is 51.4 Å². The Morgan fingerprint density at radius 1 is 1.37 bits per heavy atom. The average molecular weight is 364 g/mol. The van der Waals surface area contributed by atoms with Gasteiger partial charge in [0.15, 0.2) is 5.82 Å². The minimum Gasteiger partial charge on any atom is -0.366 e. The summed E-state index contributed by atoms with van der Waals surface area (Å²) >= 11 is 0. The number of allylic oxidation sites excluding steroid dienone is 3. The van der Waals surface area contributed by atoms with Gasteiger partial charge in [-0.2, -0.15) is 4.68 Å². The lowest BCUT2D eigenvalue weighted by Gasteiger charge is -2.34. The summed E-state index contributed by atoms with van der Waals surface area (Å²) in [7, 11) is 0. The van der Waals surface area contributed by atoms with E-state index in [1.54, 1.807) is 4.68 Å². The monoisotopic (exact) mass is 364 g/mol. The number of aromatic nitrogens is 5. The number of rotatable bonds is 6. The average Bonchev–Trinajstić information content (AvgIpc) is 3.42. The van der Waals surface area contributed by atoms with Crippen LogP contribution in [0, 0.1) is 12.8 Å². The molecule has 2 heterocycles. The zero-order valence-electron chi connectivity index (χ0n) is 15.7. The van der Waals surface area contributed by atoms with Gasteiger partial charge in [0.25, 0.3) is 0 Å². The Morgan fingerprint density at radius 2 is 2.19 bits per heavy atom. The number of hydrogen-bond acceptors (Lipinski definition) is 5. The first kappa shape index (κ1) is 17.6. The van der Waals surface area contributed by atoms with E-state index in [-0.39, 0.29) is 5.41 Å². The van der Waals surface area contributed by atoms with E-state index in [2.05, 4.69) is 40.7 Å². The Bertz CT molecular complexity index is 922. The van der Waals surface area contributed by atoms with Crippen molar-refractivity contribution in [3.8, 4) is 0 Å². The number of nitrogens with two attached hydrogens (primary N) is 1. The Balaban J connectivity index is 1.87. The number of carbonyl (C=O) groups is 1. The summed E-state index contributed by atoms with van der Waals surface area (Å²) in [6.07, 6.45) is 10.4. The van der Waals surface area contributed by atoms with Crippen LogP contribution >= 0.6 is 0 Å². The van der Waals surface area contributed by atoms with Gasteiger partial charge in [0.1, 0.15) is 0 Å². The number of tetrazole rings is 1. The molecule has 2 aromatic heterocycles. The molecule has 7 heteroatoms. The van der Waals surface area contributed by atoms with Gasteiger partial charge in [-0.1, -0.05) is 13.0 Å². The Morgan fingerprint density at radius 3 is 2.81 bits per heavy atom. The fraction of sp³-hybridized carbons (Fsp3) is 0.450. The van der Waals surface area contributed by atoms with Gasteiger partial charge >= 0.3 is 0 Å². The van der Waals surface area contributed by atoms with Crippen LogP contribution < -0.4 is 5.73 Å². The maximum atomic E-state index is 12.1. The van der Waals surface area contributed by atoms with E-state index in [0.29, 0.717) is 17.9 Å². The van der Waals surface area contributed by atoms with Crippen LogP contribution in [0.25, 0.3) is 5.70 Å². The van der Waals surface area contributed by atoms with Crippen molar-refractivity contribution in [2.75, 3.05) is 0 Å². The van der Waals surface area contributed by atoms with Crippen molar-refractivity contribution >= 4 is 11.6 Å². The van der Waals surface area contributed by atoms with E-state index in [1.165, 1.54) is 0 Å². The molecule has 2 aromatic rings. The molecule has 1 fully saturated rings. The first-order valence-corrected chi connectivity index (χ1v) is 9.47. The molecule has 7 nitrogen and oxygen atoms in total. The summed E-state index contributed by atoms with van der Waals surface area (Å²) in [6.45, 7) is 4.11. The maximum absolute atomic E-state index is 12.1. The summed E-state index contributed by atoms with van der Waals surface area (Å²) in [4.78, 5) is 16.9. The molecule has 0 bridgehead atoms. The molecule has 0 spiro atoms. The molecule has 1 amide bonds. The van der Waals surface area contributed by atoms with Crippen molar-refractivity contribution in [3.05, 3.63) is 53.1 Å². The highest BCUT2D eigenvalue weighted by molar-refractivity contribution is 5.95. The number of aryl methyl sites for hydroxylation is 2. The molecular weight excluding hydrogens is 340 g/mol. The molecule has 1 saturated carbocycles. The second-order valence-electron chi connectivity index (χ2n) is 7.57. The van der Waals surface area contributed by atoms with Crippen LogP contribution in [-0.2, 0) is 16.6 Å². The van der Waals surface area contributed by atoms with Crippen LogP contribution in [0.4, 0.5) is 0 Å². The van der Waals surface area contributed by atoms with Crippen molar-refractivity contribution < 1.29 is 4.79 Å². The van der Waals surface area contributed by atoms with Crippen molar-refractivity contribution in [2.24, 2.45) is 11.7 Å². The van der Waals surface area contributed by atoms with E-state index in [0.717, 1.165) is 48.5 Å². The smallest absolute Gasteiger partial charge is 0.244 e. The van der Waals surface area contributed by atoms with Gasteiger partial charge in [0, 0.05) is 23.6 Å². The van der Waals surface area contributed by atoms with E-state index in [4.69, 9.17) is 10.7 Å². The zero-order valence-corrected chi connectivity index (χ0v) is 15.7. The SMILES string of the molecule is CCCc1nnnn1C1=CC(c2ccc(C)cn2)(C2CC2)CC(C(N)=O)=C1. The lowest BCUT2D eigenvalue weighted by Crippen LogP contribution is -2.34. The van der Waals surface area contributed by atoms with E-state index < -0.39 is 5.91 Å². The van der Waals surface area contributed by atoms with Crippen molar-refractivity contribution in [1.82, 2.24) is 25.2 Å². The summed E-state index contributed by atoms with van der Waals surface area (Å²) < 4.78 is 1.73. The van der Waals surface area contributed by atoms with Gasteiger partial charge in [-0.15, -0.1) is 5.10 Å². The second kappa shape index (κ2) is 6.72. The molecule has 2 aliphatic rings. The quantitative estimate of drug-likeness (QED) is 0.848. The van der Waals surface area contributed by atoms with Gasteiger partial charge < -0.3 is 5.73 Å². The molecule has 140 valence electrons. The van der Waals surface area contributed by atoms with Crippen LogP contribution in [0.2, 0.25) is 0 Å². The van der Waals surface area contributed by atoms with Gasteiger partial charge in [-0.3, -0.25) is 9.78 Å². The molecule has 0 radical (unpaired) electrons. The van der Waals surface area contributed by atoms with Gasteiger partial charge in [-0.25, -0.2) is 0 Å². The van der Waals surface area contributed by atoms with Crippen LogP contribution in [0.5, 0.6) is 0 Å². The third kappa shape index (κ3) is 3.18. The van der Waals surface area contributed by atoms with Crippen molar-refractivity contribution in [1.29, 1.82) is 0 Å². The van der Waals surface area contributed by atoms with Crippen LogP contribution in [-0.4, -0.2) is 31.1 Å². The van der Waals surface area contributed by atoms with Gasteiger partial charge in [0.05, 0.1) is 11.4 Å². The maximum Gasteiger partial charge on any atom is 0.244 e. The van der Waals surface area contributed by atoms with Gasteiger partial charge in [-0.05, 0) is 72.7 Å². The molecule has 0 aliphatic heterocycles. The summed E-state index contributed by atoms with van der Waals surface area (Å²) in [6, 6.07) is 4.14. The molecule has 2 N–H and O–H groups in total. The molecule has 2 aliphatic carbocycles. The second-order valence-corrected chi connectivity index (χ2v) is 7.57. The minimum atomic E-state index is -0.400. The molecule has 0 saturated heterocycles. The van der Waals surface area contributed by atoms with Crippen LogP contribution in [0.1, 0.15) is 49.7 Å². The minimum absolute atomic E-state index is 0.350. The zero-order chi connectivity index (χ0) is 19.0. The van der Waals surface area contributed by atoms with Crippen LogP contribution in [0.3, 0.4) is 0 Å². The topological polar surface area (TPSA) is 99.6 Å². The third-order valence-corrected chi connectivity index (χ3v) is 5.47. The highest BCUT2D eigenvalue weighted by Gasteiger charge is 2.48. The molecular formula is C20H24N6O. The number of nitrogens with zero attached hydrogens (tertiary/aromatic N) is 5. The molecule has 1 unspecified atom stereocenters. The number of amides is 1. The Kier molecular flexibility index (Phi) is 4.37. The fourth-order valence-corrected chi connectivity index (χ4v) is 3.95. The first-order chi connectivity index (χ1) is 13.0. The Labute approximate surface area is 158 Å². The van der Waals surface area contributed by atoms with E-state index in [9.17, 15) is 4.79 Å². The molecule has 4 rings (SSSR count). The highest BCUT2D eigenvalue weighted by atomic mass is 16.1. The van der Waals surface area contributed by atoms with E-state index in [1.807, 2.05) is 19.2 Å². The lowest BCUT2D eigenvalue weighted by molar-refractivity contribution is -0.114. The standard InChI is InChI=1S/C20H24N6O/c1-3-4-18-23-24-25-26(18)16-9-14(19(21)27)10-20(11-16,15-6-7-15)17-8-5-13(2)12-22-17/h5,8-9,11-12,15H,3-4,6-7,10H2,1-2H3,(H2,21,27). The van der Waals surface area contributed by atoms with Crippen LogP contribution in [0.15, 0.2) is 36.1 Å². The Hall–Kier alpha value is -2.83. The number of pyridine rings is 1. The first-order valence-electron chi connectivity index (χ1n) is 9.47. The predicted octanol–water partition coefficient (Wildman–Crippen LogP) is 2.33. The highest BCUT2D eigenvalue weighted by Crippen LogP contribution is 2.53. The number of carbonyl (C=O) groups excluding carboxylic acids is 1. The van der Waals surface area contributed by atoms with Gasteiger partial charge in [0.2, 0.25) is 5.91 Å². The molecule has 0 aromatic carbocycles. The predicted molar refractivity (Wildman–Crippen MR) is 101 cm³/mol. The largest absolute Gasteiger partial charge is 0.366 e. The summed E-state index contributed by atoms with van der Waals surface area (Å²) in [5.74, 6) is 0.826. The third-order valence-electron chi connectivity index (χ3n) is 5.47. The van der Waals surface area contributed by atoms with Crippen molar-refractivity contribution in [3.63, 3.8) is 0 Å². The molecule has 27 heavy (non-hydrogen) atoms. The normalized spacial score (nSPS) is 22.3. The summed E-state index contributed by atoms with van der Waals surface area (Å²) in [5, 5.41) is 12.2. The lowest BCUT2D eigenvalue weighted by atomic mass is 9.70.